The van der Waals surface area contributed by atoms with Crippen molar-refractivity contribution in [2.75, 3.05) is 11.9 Å². The van der Waals surface area contributed by atoms with Gasteiger partial charge in [-0.3, -0.25) is 0 Å². The van der Waals surface area contributed by atoms with Crippen molar-refractivity contribution in [2.24, 2.45) is 17.8 Å². The van der Waals surface area contributed by atoms with Crippen molar-refractivity contribution in [3.05, 3.63) is 40.6 Å². The normalized spacial score (nSPS) is 34.2. The van der Waals surface area contributed by atoms with E-state index in [0.717, 1.165) is 30.7 Å². The number of rotatable bonds is 2. The highest BCUT2D eigenvalue weighted by molar-refractivity contribution is 5.59. The van der Waals surface area contributed by atoms with Crippen LogP contribution in [0.2, 0.25) is 0 Å². The number of benzene rings is 1. The average molecular weight is 348 g/mol. The maximum absolute atomic E-state index is 5.32. The lowest BCUT2D eigenvalue weighted by molar-refractivity contribution is -0.00770. The molecule has 1 N–H and O–H groups in total. The second-order valence-electron chi connectivity index (χ2n) is 9.73. The topological polar surface area (TPSA) is 29.9 Å². The molecule has 4 aliphatic carbocycles. The van der Waals surface area contributed by atoms with Crippen LogP contribution in [0.1, 0.15) is 60.9 Å². The molecule has 0 amide bonds. The number of hydrogen-bond donors (Lipinski definition) is 1. The van der Waals surface area contributed by atoms with Crippen molar-refractivity contribution in [1.29, 1.82) is 0 Å². The number of nitrogens with zero attached hydrogens (tertiary/aromatic N) is 2. The van der Waals surface area contributed by atoms with Crippen LogP contribution in [0.4, 0.5) is 5.82 Å². The Morgan fingerprint density at radius 2 is 1.69 bits per heavy atom. The Morgan fingerprint density at radius 1 is 1.00 bits per heavy atom. The van der Waals surface area contributed by atoms with Gasteiger partial charge in [0.05, 0.1) is 11.4 Å². The number of anilines is 1. The van der Waals surface area contributed by atoms with Gasteiger partial charge in [-0.25, -0.2) is 4.68 Å². The molecule has 0 saturated heterocycles. The summed E-state index contributed by atoms with van der Waals surface area (Å²) in [6.07, 6.45) is 9.84. The van der Waals surface area contributed by atoms with Gasteiger partial charge in [0, 0.05) is 17.5 Å². The standard InChI is InChI=1S/C23H29N3/c1-14-3-4-19(7-15(14)2)26-22-20(5-6-24-22)21(25-26)23-11-16-8-17(12-23)10-18(9-16)13-23/h3-4,7,16-18,24H,5-6,8-13H2,1-2H3. The predicted octanol–water partition coefficient (Wildman–Crippen LogP) is 4.92. The van der Waals surface area contributed by atoms with Crippen LogP contribution in [0, 0.1) is 31.6 Å². The van der Waals surface area contributed by atoms with E-state index in [4.69, 9.17) is 5.10 Å². The maximum atomic E-state index is 5.32. The third-order valence-corrected chi connectivity index (χ3v) is 7.93. The number of nitrogens with one attached hydrogen (secondary N) is 1. The van der Waals surface area contributed by atoms with Crippen LogP contribution < -0.4 is 5.32 Å². The summed E-state index contributed by atoms with van der Waals surface area (Å²) in [6, 6.07) is 6.77. The highest BCUT2D eigenvalue weighted by Gasteiger charge is 2.54. The summed E-state index contributed by atoms with van der Waals surface area (Å²) in [5.41, 5.74) is 7.30. The molecule has 2 heterocycles. The van der Waals surface area contributed by atoms with Gasteiger partial charge in [0.15, 0.2) is 0 Å². The first kappa shape index (κ1) is 15.3. The van der Waals surface area contributed by atoms with Crippen LogP contribution in [-0.2, 0) is 11.8 Å². The Hall–Kier alpha value is -1.77. The molecule has 26 heavy (non-hydrogen) atoms. The van der Waals surface area contributed by atoms with Crippen LogP contribution in [-0.4, -0.2) is 16.3 Å². The second-order valence-corrected chi connectivity index (χ2v) is 9.73. The smallest absolute Gasteiger partial charge is 0.133 e. The van der Waals surface area contributed by atoms with Crippen LogP contribution in [0.25, 0.3) is 5.69 Å². The van der Waals surface area contributed by atoms with Crippen LogP contribution in [0.5, 0.6) is 0 Å². The zero-order valence-corrected chi connectivity index (χ0v) is 16.0. The fourth-order valence-electron chi connectivity index (χ4n) is 7.05. The number of aromatic nitrogens is 2. The molecule has 5 aliphatic rings. The zero-order chi connectivity index (χ0) is 17.5. The molecule has 4 bridgehead atoms. The van der Waals surface area contributed by atoms with Crippen molar-refractivity contribution in [2.45, 2.75) is 64.2 Å². The Balaban J connectivity index is 1.49. The zero-order valence-electron chi connectivity index (χ0n) is 16.0. The number of fused-ring (bicyclic) bond motifs is 1. The fraction of sp³-hybridized carbons (Fsp3) is 0.609. The molecule has 0 spiro atoms. The largest absolute Gasteiger partial charge is 0.369 e. The summed E-state index contributed by atoms with van der Waals surface area (Å²) in [4.78, 5) is 0. The minimum atomic E-state index is 0.385. The van der Waals surface area contributed by atoms with Gasteiger partial charge in [-0.05, 0) is 99.8 Å². The van der Waals surface area contributed by atoms with E-state index in [1.807, 2.05) is 0 Å². The van der Waals surface area contributed by atoms with Crippen LogP contribution in [0.3, 0.4) is 0 Å². The molecular formula is C23H29N3. The molecular weight excluding hydrogens is 318 g/mol. The van der Waals surface area contributed by atoms with E-state index < -0.39 is 0 Å². The Bertz CT molecular complexity index is 856. The molecule has 4 fully saturated rings. The Kier molecular flexibility index (Phi) is 3.03. The Morgan fingerprint density at radius 3 is 2.35 bits per heavy atom. The average Bonchev–Trinajstić information content (AvgIpc) is 3.18. The fourth-order valence-corrected chi connectivity index (χ4v) is 7.05. The summed E-state index contributed by atoms with van der Waals surface area (Å²) in [7, 11) is 0. The molecule has 0 unspecified atom stereocenters. The van der Waals surface area contributed by atoms with Crippen molar-refractivity contribution in [1.82, 2.24) is 9.78 Å². The molecule has 3 heteroatoms. The summed E-state index contributed by atoms with van der Waals surface area (Å²) >= 11 is 0. The highest BCUT2D eigenvalue weighted by atomic mass is 15.3. The Labute approximate surface area is 156 Å². The van der Waals surface area contributed by atoms with Gasteiger partial charge in [-0.15, -0.1) is 0 Å². The van der Waals surface area contributed by atoms with Crippen LogP contribution >= 0.6 is 0 Å². The van der Waals surface area contributed by atoms with Crippen molar-refractivity contribution in [3.63, 3.8) is 0 Å². The lowest BCUT2D eigenvalue weighted by Gasteiger charge is -2.56. The minimum Gasteiger partial charge on any atom is -0.369 e. The maximum Gasteiger partial charge on any atom is 0.133 e. The first-order valence-corrected chi connectivity index (χ1v) is 10.6. The monoisotopic (exact) mass is 347 g/mol. The highest BCUT2D eigenvalue weighted by Crippen LogP contribution is 2.61. The quantitative estimate of drug-likeness (QED) is 0.835. The van der Waals surface area contributed by atoms with Gasteiger partial charge in [-0.1, -0.05) is 6.07 Å². The molecule has 2 aromatic rings. The van der Waals surface area contributed by atoms with Gasteiger partial charge in [-0.2, -0.15) is 5.10 Å². The summed E-state index contributed by atoms with van der Waals surface area (Å²) in [6.45, 7) is 5.46. The molecule has 1 aromatic carbocycles. The predicted molar refractivity (Wildman–Crippen MR) is 105 cm³/mol. The van der Waals surface area contributed by atoms with E-state index >= 15 is 0 Å². The molecule has 0 radical (unpaired) electrons. The first-order valence-electron chi connectivity index (χ1n) is 10.6. The minimum absolute atomic E-state index is 0.385. The van der Waals surface area contributed by atoms with Gasteiger partial charge in [0.25, 0.3) is 0 Å². The van der Waals surface area contributed by atoms with E-state index in [-0.39, 0.29) is 0 Å². The third-order valence-electron chi connectivity index (χ3n) is 7.93. The summed E-state index contributed by atoms with van der Waals surface area (Å²) < 4.78 is 2.22. The van der Waals surface area contributed by atoms with Crippen molar-refractivity contribution in [3.8, 4) is 5.69 Å². The molecule has 7 rings (SSSR count). The lowest BCUT2D eigenvalue weighted by Crippen LogP contribution is -2.49. The van der Waals surface area contributed by atoms with Crippen molar-refractivity contribution >= 4 is 5.82 Å². The SMILES string of the molecule is Cc1ccc(-n2nc(C34CC5CC(CC(C5)C3)C4)c3c2NCC3)cc1C. The molecule has 0 atom stereocenters. The van der Waals surface area contributed by atoms with E-state index in [0.29, 0.717) is 5.41 Å². The second kappa shape index (κ2) is 5.15. The molecule has 4 saturated carbocycles. The van der Waals surface area contributed by atoms with Crippen molar-refractivity contribution < 1.29 is 0 Å². The van der Waals surface area contributed by atoms with Gasteiger partial charge in [0.2, 0.25) is 0 Å². The summed E-state index contributed by atoms with van der Waals surface area (Å²) in [5.74, 6) is 4.19. The van der Waals surface area contributed by atoms with Gasteiger partial charge < -0.3 is 5.32 Å². The van der Waals surface area contributed by atoms with E-state index in [1.54, 1.807) is 0 Å². The summed E-state index contributed by atoms with van der Waals surface area (Å²) in [5, 5.41) is 8.97. The van der Waals surface area contributed by atoms with Gasteiger partial charge in [0.1, 0.15) is 5.82 Å². The number of aryl methyl sites for hydroxylation is 2. The van der Waals surface area contributed by atoms with E-state index in [9.17, 15) is 0 Å². The lowest BCUT2D eigenvalue weighted by atomic mass is 9.48. The molecule has 1 aliphatic heterocycles. The van der Waals surface area contributed by atoms with Crippen LogP contribution in [0.15, 0.2) is 18.2 Å². The van der Waals surface area contributed by atoms with E-state index in [2.05, 4.69) is 42.0 Å². The van der Waals surface area contributed by atoms with E-state index in [1.165, 1.54) is 72.4 Å². The van der Waals surface area contributed by atoms with Gasteiger partial charge >= 0.3 is 0 Å². The third kappa shape index (κ3) is 2.03. The first-order chi connectivity index (χ1) is 12.6. The molecule has 1 aromatic heterocycles. The molecule has 136 valence electrons. The molecule has 3 nitrogen and oxygen atoms in total. The number of hydrogen-bond acceptors (Lipinski definition) is 2.